The van der Waals surface area contributed by atoms with Gasteiger partial charge in [-0.05, 0) is 384 Å². The monoisotopic (exact) mass is 1420 g/mol. The number of halogens is 1. The summed E-state index contributed by atoms with van der Waals surface area (Å²) in [6.07, 6.45) is 26.4. The van der Waals surface area contributed by atoms with Gasteiger partial charge in [-0.15, -0.1) is 0 Å². The maximum Gasteiger partial charge on any atom is 0.123 e. The second-order valence-electron chi connectivity index (χ2n) is 36.2. The Kier molecular flexibility index (Phi) is 7.27. The van der Waals surface area contributed by atoms with Gasteiger partial charge in [0.15, 0.2) is 0 Å². The molecule has 0 saturated carbocycles. The topological polar surface area (TPSA) is 21.7 Å². The van der Waals surface area contributed by atoms with Gasteiger partial charge in [-0.2, -0.15) is 0 Å². The fourth-order valence-electron chi connectivity index (χ4n) is 30.9. The van der Waals surface area contributed by atoms with E-state index in [1.54, 1.807) is 313 Å². The average molecular weight is 1420 g/mol. The van der Waals surface area contributed by atoms with Crippen molar-refractivity contribution in [1.82, 2.24) is 4.90 Å². The summed E-state index contributed by atoms with van der Waals surface area (Å²) in [5.74, 6) is 1.98. The van der Waals surface area contributed by atoms with E-state index >= 15 is 0 Å². The Bertz CT molecular complexity index is 8220. The van der Waals surface area contributed by atoms with Crippen molar-refractivity contribution in [3.8, 4) is 11.5 Å². The molecule has 1 aliphatic heterocycles. The largest absolute Gasteiger partial charge is 0.493 e. The molecule has 35 rings (SSSR count). The van der Waals surface area contributed by atoms with Crippen molar-refractivity contribution in [2.75, 3.05) is 19.8 Å². The molecule has 0 radical (unpaired) electrons. The Morgan fingerprint density at radius 2 is 0.524 bits per heavy atom. The van der Waals surface area contributed by atoms with E-state index < -0.39 is 10.8 Å². The zero-order valence-corrected chi connectivity index (χ0v) is 59.9. The van der Waals surface area contributed by atoms with Crippen molar-refractivity contribution in [3.05, 3.63) is 79.4 Å². The molecule has 0 N–H and O–H groups in total. The van der Waals surface area contributed by atoms with Crippen LogP contribution in [0.5, 0.6) is 11.5 Å². The Morgan fingerprint density at radius 1 is 0.291 bits per heavy atom. The smallest absolute Gasteiger partial charge is 0.123 e. The summed E-state index contributed by atoms with van der Waals surface area (Å²) in [4.78, 5) is 3.15. The highest BCUT2D eigenvalue weighted by atomic mass is 127. The highest BCUT2D eigenvalue weighted by molar-refractivity contribution is 14.1. The molecular formula is C99H62INO2. The van der Waals surface area contributed by atoms with E-state index in [1.165, 1.54) is 130 Å². The number of ether oxygens (including phenoxy) is 2. The first-order valence-corrected chi connectivity index (χ1v) is 41.9. The summed E-state index contributed by atoms with van der Waals surface area (Å²) in [6.45, 7) is 7.92. The van der Waals surface area contributed by atoms with E-state index in [2.05, 4.69) is 83.8 Å². The summed E-state index contributed by atoms with van der Waals surface area (Å²) in [7, 11) is 0. The normalized spacial score (nSPS) is 20.0. The fourth-order valence-corrected chi connectivity index (χ4v) is 31.2. The number of likely N-dealkylation sites (tertiary alicyclic amines) is 1. The van der Waals surface area contributed by atoms with Crippen molar-refractivity contribution in [1.29, 1.82) is 0 Å². The Hall–Kier alpha value is -8.81. The molecule has 30 aromatic rings. The first kappa shape index (κ1) is 50.6. The summed E-state index contributed by atoms with van der Waals surface area (Å²) in [5, 5.41) is 89.8. The first-order chi connectivity index (χ1) is 51.2. The van der Waals surface area contributed by atoms with Crippen LogP contribution in [-0.2, 0) is 17.4 Å². The van der Waals surface area contributed by atoms with E-state index in [-0.39, 0.29) is 6.04 Å². The molecule has 1 atom stereocenters. The lowest BCUT2D eigenvalue weighted by Gasteiger charge is -2.52. The van der Waals surface area contributed by atoms with E-state index in [9.17, 15) is 0 Å². The lowest BCUT2D eigenvalue weighted by Crippen LogP contribution is -2.51. The number of unbranched alkanes of at least 4 members (excludes halogenated alkanes) is 18. The van der Waals surface area contributed by atoms with Crippen LogP contribution >= 0.6 is 22.6 Å². The van der Waals surface area contributed by atoms with Gasteiger partial charge >= 0.3 is 0 Å². The van der Waals surface area contributed by atoms with E-state index in [0.29, 0.717) is 0 Å². The maximum absolute atomic E-state index is 7.11. The molecule has 0 aromatic heterocycles. The Labute approximate surface area is 599 Å². The fraction of sp³-hybridized carbons (Fsp3) is 0.293. The summed E-state index contributed by atoms with van der Waals surface area (Å²) < 4.78 is 15.5. The number of rotatable bonds is 27. The van der Waals surface area contributed by atoms with Gasteiger partial charge in [0.25, 0.3) is 0 Å². The summed E-state index contributed by atoms with van der Waals surface area (Å²) in [6, 6.07) is 17.5. The van der Waals surface area contributed by atoms with Crippen LogP contribution in [-0.4, -0.2) is 24.7 Å². The van der Waals surface area contributed by atoms with Crippen molar-refractivity contribution in [2.24, 2.45) is 0 Å². The van der Waals surface area contributed by atoms with Gasteiger partial charge in [0.1, 0.15) is 11.5 Å². The highest BCUT2D eigenvalue weighted by Gasteiger charge is 2.76. The van der Waals surface area contributed by atoms with Crippen LogP contribution in [0.2, 0.25) is 0 Å². The lowest BCUT2D eigenvalue weighted by molar-refractivity contribution is 0.217. The quantitative estimate of drug-likeness (QED) is 0.0291. The highest BCUT2D eigenvalue weighted by Crippen LogP contribution is 2.87. The van der Waals surface area contributed by atoms with E-state index in [4.69, 9.17) is 9.47 Å². The van der Waals surface area contributed by atoms with Crippen LogP contribution in [0.4, 0.5) is 0 Å². The third-order valence-corrected chi connectivity index (χ3v) is 33.5. The number of nitrogens with zero attached hydrogens (tertiary/aromatic N) is 1. The molecule has 482 valence electrons. The molecule has 1 saturated heterocycles. The van der Waals surface area contributed by atoms with Crippen molar-refractivity contribution in [3.63, 3.8) is 0 Å². The molecule has 0 amide bonds. The van der Waals surface area contributed by atoms with Gasteiger partial charge in [0.05, 0.1) is 30.1 Å². The van der Waals surface area contributed by atoms with Crippen LogP contribution in [0.25, 0.3) is 291 Å². The van der Waals surface area contributed by atoms with Crippen LogP contribution < -0.4 is 9.47 Å². The van der Waals surface area contributed by atoms with Crippen molar-refractivity contribution >= 4 is 313 Å². The minimum absolute atomic E-state index is 0.0208. The second-order valence-corrected chi connectivity index (χ2v) is 37.4. The van der Waals surface area contributed by atoms with Gasteiger partial charge in [-0.3, -0.25) is 4.90 Å². The predicted molar refractivity (Wildman–Crippen MR) is 447 cm³/mol. The molecule has 2 spiro atoms. The maximum atomic E-state index is 7.11. The number of benzene rings is 20. The molecule has 3 nitrogen and oxygen atoms in total. The summed E-state index contributed by atoms with van der Waals surface area (Å²) >= 11 is 2.62. The molecule has 5 aliphatic rings. The SMILES string of the molecule is CCCCCCCCCCCCOc1cc(CN2CC34c5c6c7c8c9c%10c(c%11c%12c3c3c5c5c%13c6c6c7c7c9c9c%14c%10c%10c%11c%11c%12c%12c3c3c5c5c%13c%13c6c6c7c9c7c9c%14c%10c%10c%11c%11c%12c3c3c5c5c%13c6c7c6c9c%10c%11c3c56)C84C2c2ccc(I)cc2)cc(OCCCCCCCCCCCC)c1. The average Bonchev–Trinajstić information content (AvgIpc) is 1.38. The molecule has 1 unspecified atom stereocenters. The minimum Gasteiger partial charge on any atom is -0.493 e. The molecule has 1 heterocycles. The van der Waals surface area contributed by atoms with Crippen LogP contribution in [0.1, 0.15) is 182 Å². The van der Waals surface area contributed by atoms with Crippen molar-refractivity contribution < 1.29 is 9.47 Å². The van der Waals surface area contributed by atoms with E-state index in [1.807, 2.05) is 0 Å². The zero-order chi connectivity index (χ0) is 64.9. The van der Waals surface area contributed by atoms with E-state index in [0.717, 1.165) is 50.6 Å². The molecule has 4 heteroatoms. The molecular weight excluding hydrogens is 1360 g/mol. The van der Waals surface area contributed by atoms with Gasteiger partial charge in [-0.25, -0.2) is 0 Å². The molecule has 1 fully saturated rings. The van der Waals surface area contributed by atoms with Crippen molar-refractivity contribution in [2.45, 2.75) is 166 Å². The molecule has 0 bridgehead atoms. The molecule has 103 heavy (non-hydrogen) atoms. The van der Waals surface area contributed by atoms with Gasteiger partial charge in [0.2, 0.25) is 0 Å². The van der Waals surface area contributed by atoms with Crippen LogP contribution in [0, 0.1) is 3.57 Å². The minimum atomic E-state index is -0.455. The standard InChI is InChI=1S/C99H62INO2/c1-3-5-7-9-11-13-15-17-19-21-27-102-37-29-34(30-38(31-37)103-28-22-20-18-16-14-12-10-8-6-4-2)32-101-33-98-93-85-77-67-57-49-41-39-40-43-47-45(41)53-61-55(47)65-59-51(43)52-44(40)48-46-42(39)50(49)58-64-54(46)62-56(48)66-60(52)70-69(59)81-75(65)83-73(61)79(71(77)63(53)57)87(93)89(83)95-91(81)92-82(70)76(66)84-74(62)80-72(64)78(68(58)67)86(85)94(98)88(80)90(84)96(92)99(95,98)97(101)35-23-25-36(100)26-24-35/h23-26,29-31,97H,3-22,27-28,32-33H2,1-2H3. The molecule has 30 aromatic carbocycles. The van der Waals surface area contributed by atoms with Gasteiger partial charge in [0, 0.05) is 22.7 Å². The Morgan fingerprint density at radius 3 is 0.786 bits per heavy atom. The van der Waals surface area contributed by atoms with Gasteiger partial charge in [-0.1, -0.05) is 142 Å². The predicted octanol–water partition coefficient (Wildman–Crippen LogP) is 28.8. The molecule has 4 aliphatic carbocycles. The Balaban J connectivity index is 0.686. The first-order valence-electron chi connectivity index (χ1n) is 40.8. The van der Waals surface area contributed by atoms with Crippen LogP contribution in [0.15, 0.2) is 42.5 Å². The van der Waals surface area contributed by atoms with Crippen LogP contribution in [0.3, 0.4) is 0 Å². The van der Waals surface area contributed by atoms with Gasteiger partial charge < -0.3 is 9.47 Å². The third kappa shape index (κ3) is 4.09. The third-order valence-electron chi connectivity index (χ3n) is 32.8. The zero-order valence-electron chi connectivity index (χ0n) is 57.7. The lowest BCUT2D eigenvalue weighted by atomic mass is 9.47. The summed E-state index contributed by atoms with van der Waals surface area (Å²) in [5.41, 5.74) is 8.99. The number of hydrogen-bond donors (Lipinski definition) is 0. The second kappa shape index (κ2) is 14.8. The number of hydrogen-bond acceptors (Lipinski definition) is 3.